The molecule has 1 rings (SSSR count). The number of likely N-dealkylation sites (tertiary alicyclic amines) is 1. The lowest BCUT2D eigenvalue weighted by atomic mass is 9.90. The molecule has 1 saturated heterocycles. The van der Waals surface area contributed by atoms with Gasteiger partial charge in [-0.1, -0.05) is 0 Å². The number of hydrogen-bond acceptors (Lipinski definition) is 2. The van der Waals surface area contributed by atoms with Gasteiger partial charge in [-0.3, -0.25) is 5.41 Å². The quantitative estimate of drug-likeness (QED) is 0.503. The number of amidine groups is 1. The standard InChI is InChI=1S/C8H15F2N3/c1-13-4-2-6(3-5-13)8(9,10)7(11)12/h6H,2-5H2,1H3,(H3,11,12). The molecule has 0 amide bonds. The molecule has 1 heterocycles. The van der Waals surface area contributed by atoms with Crippen molar-refractivity contribution in [1.82, 2.24) is 4.90 Å². The van der Waals surface area contributed by atoms with Crippen LogP contribution in [0, 0.1) is 11.3 Å². The van der Waals surface area contributed by atoms with Gasteiger partial charge in [-0.2, -0.15) is 8.78 Å². The normalized spacial score (nSPS) is 21.8. The summed E-state index contributed by atoms with van der Waals surface area (Å²) in [5.74, 6) is -4.86. The molecule has 13 heavy (non-hydrogen) atoms. The molecule has 0 radical (unpaired) electrons. The molecule has 3 nitrogen and oxygen atoms in total. The number of hydrogen-bond donors (Lipinski definition) is 2. The molecule has 1 aliphatic rings. The summed E-state index contributed by atoms with van der Waals surface area (Å²) < 4.78 is 26.4. The van der Waals surface area contributed by atoms with E-state index in [1.807, 2.05) is 11.9 Å². The molecule has 0 unspecified atom stereocenters. The van der Waals surface area contributed by atoms with Gasteiger partial charge in [-0.05, 0) is 33.0 Å². The Kier molecular flexibility index (Phi) is 2.85. The van der Waals surface area contributed by atoms with E-state index in [2.05, 4.69) is 0 Å². The van der Waals surface area contributed by atoms with E-state index in [0.29, 0.717) is 25.9 Å². The Morgan fingerprint density at radius 2 is 1.92 bits per heavy atom. The number of alkyl halides is 2. The van der Waals surface area contributed by atoms with Crippen LogP contribution in [0.5, 0.6) is 0 Å². The van der Waals surface area contributed by atoms with Gasteiger partial charge in [-0.15, -0.1) is 0 Å². The van der Waals surface area contributed by atoms with Crippen LogP contribution in [0.15, 0.2) is 0 Å². The van der Waals surface area contributed by atoms with E-state index in [1.54, 1.807) is 0 Å². The number of nitrogens with two attached hydrogens (primary N) is 1. The van der Waals surface area contributed by atoms with Gasteiger partial charge >= 0.3 is 5.92 Å². The molecule has 5 heteroatoms. The molecule has 3 N–H and O–H groups in total. The summed E-state index contributed by atoms with van der Waals surface area (Å²) >= 11 is 0. The minimum absolute atomic E-state index is 0.420. The molecule has 1 aliphatic heterocycles. The molecule has 0 spiro atoms. The highest BCUT2D eigenvalue weighted by atomic mass is 19.3. The van der Waals surface area contributed by atoms with Gasteiger partial charge in [0.15, 0.2) is 5.84 Å². The first-order chi connectivity index (χ1) is 5.94. The molecule has 76 valence electrons. The van der Waals surface area contributed by atoms with Crippen LogP contribution in [-0.2, 0) is 0 Å². The van der Waals surface area contributed by atoms with Crippen molar-refractivity contribution in [3.05, 3.63) is 0 Å². The first kappa shape index (κ1) is 10.4. The Bertz CT molecular complexity index is 198. The summed E-state index contributed by atoms with van der Waals surface area (Å²) in [5.41, 5.74) is 4.86. The first-order valence-corrected chi connectivity index (χ1v) is 4.35. The predicted molar refractivity (Wildman–Crippen MR) is 47.1 cm³/mol. The lowest BCUT2D eigenvalue weighted by molar-refractivity contribution is -0.0161. The van der Waals surface area contributed by atoms with Crippen molar-refractivity contribution in [3.63, 3.8) is 0 Å². The van der Waals surface area contributed by atoms with Crippen LogP contribution < -0.4 is 5.73 Å². The Morgan fingerprint density at radius 3 is 2.31 bits per heavy atom. The lowest BCUT2D eigenvalue weighted by Crippen LogP contribution is -2.46. The predicted octanol–water partition coefficient (Wildman–Crippen LogP) is 0.899. The van der Waals surface area contributed by atoms with Crippen LogP contribution in [0.25, 0.3) is 0 Å². The zero-order chi connectivity index (χ0) is 10.1. The molecule has 0 bridgehead atoms. The van der Waals surface area contributed by atoms with Crippen LogP contribution in [0.1, 0.15) is 12.8 Å². The van der Waals surface area contributed by atoms with Gasteiger partial charge in [0.05, 0.1) is 0 Å². The van der Waals surface area contributed by atoms with Crippen LogP contribution in [0.4, 0.5) is 8.78 Å². The van der Waals surface area contributed by atoms with Gasteiger partial charge in [-0.25, -0.2) is 0 Å². The number of halogens is 2. The minimum Gasteiger partial charge on any atom is -0.383 e. The van der Waals surface area contributed by atoms with E-state index in [4.69, 9.17) is 11.1 Å². The number of piperidine rings is 1. The van der Waals surface area contributed by atoms with Crippen molar-refractivity contribution in [1.29, 1.82) is 5.41 Å². The highest BCUT2D eigenvalue weighted by Crippen LogP contribution is 2.32. The summed E-state index contributed by atoms with van der Waals surface area (Å²) in [6, 6.07) is 0. The number of nitrogens with zero attached hydrogens (tertiary/aromatic N) is 1. The molecule has 0 aliphatic carbocycles. The van der Waals surface area contributed by atoms with Gasteiger partial charge in [0.1, 0.15) is 0 Å². The molecular weight excluding hydrogens is 176 g/mol. The number of nitrogens with one attached hydrogen (secondary N) is 1. The molecule has 1 fully saturated rings. The second kappa shape index (κ2) is 3.57. The molecule has 0 aromatic rings. The maximum Gasteiger partial charge on any atom is 0.306 e. The third-order valence-corrected chi connectivity index (χ3v) is 2.59. The van der Waals surface area contributed by atoms with Crippen molar-refractivity contribution in [3.8, 4) is 0 Å². The summed E-state index contributed by atoms with van der Waals surface area (Å²) in [5, 5.41) is 6.80. The van der Waals surface area contributed by atoms with Crippen LogP contribution in [-0.4, -0.2) is 36.8 Å². The molecule has 0 aromatic heterocycles. The van der Waals surface area contributed by atoms with Crippen molar-refractivity contribution in [2.45, 2.75) is 18.8 Å². The minimum atomic E-state index is -3.11. The smallest absolute Gasteiger partial charge is 0.306 e. The van der Waals surface area contributed by atoms with Gasteiger partial charge < -0.3 is 10.6 Å². The van der Waals surface area contributed by atoms with Crippen LogP contribution in [0.3, 0.4) is 0 Å². The van der Waals surface area contributed by atoms with Crippen LogP contribution >= 0.6 is 0 Å². The molecular formula is C8H15F2N3. The summed E-state index contributed by atoms with van der Waals surface area (Å²) in [4.78, 5) is 2.01. The fourth-order valence-corrected chi connectivity index (χ4v) is 1.59. The zero-order valence-electron chi connectivity index (χ0n) is 7.69. The largest absolute Gasteiger partial charge is 0.383 e. The second-order valence-electron chi connectivity index (χ2n) is 3.61. The Balaban J connectivity index is 2.58. The fraction of sp³-hybridized carbons (Fsp3) is 0.875. The number of rotatable bonds is 2. The third kappa shape index (κ3) is 2.15. The van der Waals surface area contributed by atoms with Crippen molar-refractivity contribution in [2.75, 3.05) is 20.1 Å². The summed E-state index contributed by atoms with van der Waals surface area (Å²) in [7, 11) is 1.90. The van der Waals surface area contributed by atoms with E-state index in [1.165, 1.54) is 0 Å². The average molecular weight is 191 g/mol. The monoisotopic (exact) mass is 191 g/mol. The van der Waals surface area contributed by atoms with Gasteiger partial charge in [0.2, 0.25) is 0 Å². The highest BCUT2D eigenvalue weighted by Gasteiger charge is 2.43. The Morgan fingerprint density at radius 1 is 1.46 bits per heavy atom. The molecule has 0 atom stereocenters. The maximum atomic E-state index is 13.2. The van der Waals surface area contributed by atoms with E-state index in [0.717, 1.165) is 0 Å². The zero-order valence-corrected chi connectivity index (χ0v) is 7.69. The third-order valence-electron chi connectivity index (χ3n) is 2.59. The van der Waals surface area contributed by atoms with Gasteiger partial charge in [0, 0.05) is 5.92 Å². The fourth-order valence-electron chi connectivity index (χ4n) is 1.59. The molecule has 0 aromatic carbocycles. The average Bonchev–Trinajstić information content (AvgIpc) is 2.04. The van der Waals surface area contributed by atoms with Gasteiger partial charge in [0.25, 0.3) is 0 Å². The van der Waals surface area contributed by atoms with E-state index >= 15 is 0 Å². The molecule has 0 saturated carbocycles. The first-order valence-electron chi connectivity index (χ1n) is 4.35. The van der Waals surface area contributed by atoms with Crippen molar-refractivity contribution in [2.24, 2.45) is 11.7 Å². The van der Waals surface area contributed by atoms with E-state index in [9.17, 15) is 8.78 Å². The summed E-state index contributed by atoms with van der Waals surface area (Å²) in [6.07, 6.45) is 0.839. The summed E-state index contributed by atoms with van der Waals surface area (Å²) in [6.45, 7) is 1.32. The highest BCUT2D eigenvalue weighted by molar-refractivity contribution is 5.84. The maximum absolute atomic E-state index is 13.2. The SMILES string of the molecule is CN1CCC(C(F)(F)C(=N)N)CC1. The van der Waals surface area contributed by atoms with E-state index < -0.39 is 17.7 Å². The van der Waals surface area contributed by atoms with Crippen molar-refractivity contribution < 1.29 is 8.78 Å². The Labute approximate surface area is 76.4 Å². The van der Waals surface area contributed by atoms with Crippen molar-refractivity contribution >= 4 is 5.84 Å². The topological polar surface area (TPSA) is 53.1 Å². The van der Waals surface area contributed by atoms with Crippen LogP contribution in [0.2, 0.25) is 0 Å². The second-order valence-corrected chi connectivity index (χ2v) is 3.61. The van der Waals surface area contributed by atoms with E-state index in [-0.39, 0.29) is 0 Å². The lowest BCUT2D eigenvalue weighted by Gasteiger charge is -2.33. The Hall–Kier alpha value is -0.710.